The highest BCUT2D eigenvalue weighted by Crippen LogP contribution is 2.40. The number of thioether (sulfide) groups is 1. The number of carbonyl (C=O) groups is 1. The molecular formula is C23H24N2O4S. The molecule has 2 aromatic rings. The molecule has 1 aliphatic heterocycles. The van der Waals surface area contributed by atoms with E-state index in [0.29, 0.717) is 21.4 Å². The van der Waals surface area contributed by atoms with Gasteiger partial charge in [0.25, 0.3) is 0 Å². The summed E-state index contributed by atoms with van der Waals surface area (Å²) in [5.74, 6) is -0.00713. The van der Waals surface area contributed by atoms with E-state index in [4.69, 9.17) is 9.47 Å². The molecule has 6 nitrogen and oxygen atoms in total. The number of carbonyl (C=O) groups excluding carboxylic acids is 1. The molecule has 3 rings (SSSR count). The molecule has 7 heteroatoms. The smallest absolute Gasteiger partial charge is 0.344 e. The van der Waals surface area contributed by atoms with Gasteiger partial charge < -0.3 is 19.5 Å². The van der Waals surface area contributed by atoms with Crippen LogP contribution in [0.2, 0.25) is 0 Å². The van der Waals surface area contributed by atoms with Crippen molar-refractivity contribution in [3.8, 4) is 5.75 Å². The minimum absolute atomic E-state index is 0.0776. The van der Waals surface area contributed by atoms with Crippen LogP contribution in [-0.2, 0) is 9.53 Å². The first-order chi connectivity index (χ1) is 14.4. The van der Waals surface area contributed by atoms with Gasteiger partial charge in [0, 0.05) is 19.8 Å². The molecule has 0 aromatic heterocycles. The summed E-state index contributed by atoms with van der Waals surface area (Å²) < 4.78 is 10.3. The van der Waals surface area contributed by atoms with E-state index in [0.717, 1.165) is 11.3 Å². The zero-order valence-corrected chi connectivity index (χ0v) is 18.2. The van der Waals surface area contributed by atoms with Crippen LogP contribution in [0.1, 0.15) is 12.5 Å². The summed E-state index contributed by atoms with van der Waals surface area (Å²) in [6, 6.07) is 15.0. The number of aliphatic hydroxyl groups is 1. The molecule has 0 amide bonds. The summed E-state index contributed by atoms with van der Waals surface area (Å²) in [6.45, 7) is 1.93. The van der Waals surface area contributed by atoms with Crippen LogP contribution < -0.4 is 9.64 Å². The van der Waals surface area contributed by atoms with E-state index in [1.807, 2.05) is 49.3 Å². The number of aliphatic imine (C=N–C) groups is 1. The highest BCUT2D eigenvalue weighted by Gasteiger charge is 2.33. The number of aliphatic hydroxyl groups excluding tert-OH is 1. The molecule has 0 radical (unpaired) electrons. The van der Waals surface area contributed by atoms with Crippen molar-refractivity contribution in [1.29, 1.82) is 0 Å². The zero-order valence-electron chi connectivity index (χ0n) is 17.4. The van der Waals surface area contributed by atoms with E-state index in [1.165, 1.54) is 11.8 Å². The van der Waals surface area contributed by atoms with Crippen LogP contribution in [0.4, 0.5) is 11.4 Å². The molecule has 0 unspecified atom stereocenters. The Kier molecular flexibility index (Phi) is 6.84. The Labute approximate surface area is 180 Å². The van der Waals surface area contributed by atoms with Gasteiger partial charge in [0.1, 0.15) is 22.1 Å². The SMILES string of the molecule is CCOC(=O)C1=C(O)/C(=C\c2ccc(N(C)C)cc2)SC1=Nc1ccc(OC)cc1. The van der Waals surface area contributed by atoms with E-state index < -0.39 is 5.97 Å². The topological polar surface area (TPSA) is 71.4 Å². The number of methoxy groups -OCH3 is 1. The number of hydrogen-bond acceptors (Lipinski definition) is 7. The van der Waals surface area contributed by atoms with Gasteiger partial charge in [0.05, 0.1) is 24.3 Å². The summed E-state index contributed by atoms with van der Waals surface area (Å²) in [4.78, 5) is 19.6. The normalized spacial score (nSPS) is 16.3. The second kappa shape index (κ2) is 9.54. The summed E-state index contributed by atoms with van der Waals surface area (Å²) in [5, 5.41) is 11.2. The molecule has 2 aromatic carbocycles. The maximum Gasteiger partial charge on any atom is 0.344 e. The molecule has 0 bridgehead atoms. The van der Waals surface area contributed by atoms with Crippen LogP contribution in [-0.4, -0.2) is 43.9 Å². The second-order valence-electron chi connectivity index (χ2n) is 6.66. The summed E-state index contributed by atoms with van der Waals surface area (Å²) in [7, 11) is 5.54. The Bertz CT molecular complexity index is 1010. The van der Waals surface area contributed by atoms with Gasteiger partial charge in [-0.25, -0.2) is 9.79 Å². The molecule has 1 heterocycles. The van der Waals surface area contributed by atoms with Crippen LogP contribution >= 0.6 is 11.8 Å². The van der Waals surface area contributed by atoms with Crippen molar-refractivity contribution in [2.75, 3.05) is 32.7 Å². The van der Waals surface area contributed by atoms with Gasteiger partial charge in [0.2, 0.25) is 0 Å². The maximum atomic E-state index is 12.5. The molecule has 0 spiro atoms. The first-order valence-corrected chi connectivity index (χ1v) is 10.3. The number of anilines is 1. The third-order valence-corrected chi connectivity index (χ3v) is 5.40. The third-order valence-electron chi connectivity index (χ3n) is 4.38. The number of hydrogen-bond donors (Lipinski definition) is 1. The van der Waals surface area contributed by atoms with Gasteiger partial charge in [-0.2, -0.15) is 0 Å². The highest BCUT2D eigenvalue weighted by molar-refractivity contribution is 8.18. The van der Waals surface area contributed by atoms with Crippen molar-refractivity contribution in [3.63, 3.8) is 0 Å². The Morgan fingerprint density at radius 3 is 2.37 bits per heavy atom. The van der Waals surface area contributed by atoms with Crippen LogP contribution in [0, 0.1) is 0 Å². The van der Waals surface area contributed by atoms with Crippen LogP contribution in [0.25, 0.3) is 6.08 Å². The zero-order chi connectivity index (χ0) is 21.7. The average molecular weight is 425 g/mol. The lowest BCUT2D eigenvalue weighted by Gasteiger charge is -2.11. The molecule has 0 fully saturated rings. The van der Waals surface area contributed by atoms with Crippen molar-refractivity contribution >= 4 is 40.2 Å². The standard InChI is InChI=1S/C23H24N2O4S/c1-5-29-23(27)20-21(26)19(14-15-6-10-17(11-7-15)25(2)3)30-22(20)24-16-8-12-18(28-4)13-9-16/h6-14,26H,5H2,1-4H3/b19-14+,24-22?. The first kappa shape index (κ1) is 21.5. The lowest BCUT2D eigenvalue weighted by atomic mass is 10.1. The Balaban J connectivity index is 1.97. The molecule has 0 aliphatic carbocycles. The van der Waals surface area contributed by atoms with E-state index >= 15 is 0 Å². The van der Waals surface area contributed by atoms with Crippen molar-refractivity contribution in [2.24, 2.45) is 4.99 Å². The predicted molar refractivity (Wildman–Crippen MR) is 123 cm³/mol. The quantitative estimate of drug-likeness (QED) is 0.662. The lowest BCUT2D eigenvalue weighted by molar-refractivity contribution is -0.138. The molecule has 0 saturated heterocycles. The fourth-order valence-corrected chi connectivity index (χ4v) is 3.82. The van der Waals surface area contributed by atoms with E-state index in [-0.39, 0.29) is 17.9 Å². The Hall–Kier alpha value is -3.19. The number of nitrogens with zero attached hydrogens (tertiary/aromatic N) is 2. The van der Waals surface area contributed by atoms with E-state index in [1.54, 1.807) is 38.3 Å². The van der Waals surface area contributed by atoms with Crippen molar-refractivity contribution < 1.29 is 19.4 Å². The van der Waals surface area contributed by atoms with Gasteiger partial charge >= 0.3 is 5.97 Å². The summed E-state index contributed by atoms with van der Waals surface area (Å²) >= 11 is 1.24. The highest BCUT2D eigenvalue weighted by atomic mass is 32.2. The largest absolute Gasteiger partial charge is 0.506 e. The van der Waals surface area contributed by atoms with Crippen molar-refractivity contribution in [1.82, 2.24) is 0 Å². The maximum absolute atomic E-state index is 12.5. The first-order valence-electron chi connectivity index (χ1n) is 9.43. The Morgan fingerprint density at radius 1 is 1.13 bits per heavy atom. The minimum atomic E-state index is -0.596. The molecule has 30 heavy (non-hydrogen) atoms. The van der Waals surface area contributed by atoms with Crippen LogP contribution in [0.3, 0.4) is 0 Å². The summed E-state index contributed by atoms with van der Waals surface area (Å²) in [5.41, 5.74) is 2.70. The van der Waals surface area contributed by atoms with Crippen LogP contribution in [0.15, 0.2) is 69.8 Å². The molecule has 0 saturated carbocycles. The van der Waals surface area contributed by atoms with E-state index in [9.17, 15) is 9.90 Å². The molecule has 0 atom stereocenters. The number of esters is 1. The third kappa shape index (κ3) is 4.86. The number of benzene rings is 2. The Morgan fingerprint density at radius 2 is 1.80 bits per heavy atom. The molecule has 156 valence electrons. The van der Waals surface area contributed by atoms with Crippen molar-refractivity contribution in [2.45, 2.75) is 6.92 Å². The second-order valence-corrected chi connectivity index (χ2v) is 7.69. The molecule has 1 N–H and O–H groups in total. The summed E-state index contributed by atoms with van der Waals surface area (Å²) in [6.07, 6.45) is 1.83. The molecule has 1 aliphatic rings. The fraction of sp³-hybridized carbons (Fsp3) is 0.217. The van der Waals surface area contributed by atoms with Gasteiger partial charge in [-0.05, 0) is 55.0 Å². The van der Waals surface area contributed by atoms with E-state index in [2.05, 4.69) is 4.99 Å². The van der Waals surface area contributed by atoms with Gasteiger partial charge in [-0.1, -0.05) is 23.9 Å². The predicted octanol–water partition coefficient (Wildman–Crippen LogP) is 4.95. The number of ether oxygens (including phenoxy) is 2. The van der Waals surface area contributed by atoms with Gasteiger partial charge in [0.15, 0.2) is 0 Å². The monoisotopic (exact) mass is 424 g/mol. The van der Waals surface area contributed by atoms with Crippen molar-refractivity contribution in [3.05, 3.63) is 70.3 Å². The van der Waals surface area contributed by atoms with Gasteiger partial charge in [-0.15, -0.1) is 0 Å². The fourth-order valence-electron chi connectivity index (χ4n) is 2.79. The average Bonchev–Trinajstić information content (AvgIpc) is 3.04. The minimum Gasteiger partial charge on any atom is -0.506 e. The molecular weight excluding hydrogens is 400 g/mol. The number of rotatable bonds is 6. The van der Waals surface area contributed by atoms with Gasteiger partial charge in [-0.3, -0.25) is 0 Å². The lowest BCUT2D eigenvalue weighted by Crippen LogP contribution is -2.12. The van der Waals surface area contributed by atoms with Crippen LogP contribution in [0.5, 0.6) is 5.75 Å².